The second-order valence-corrected chi connectivity index (χ2v) is 4.91. The molecule has 86 valence electrons. The lowest BCUT2D eigenvalue weighted by Crippen LogP contribution is -2.39. The summed E-state index contributed by atoms with van der Waals surface area (Å²) in [6.07, 6.45) is 2.59. The van der Waals surface area contributed by atoms with Crippen LogP contribution in [0.3, 0.4) is 0 Å². The van der Waals surface area contributed by atoms with E-state index in [4.69, 9.17) is 5.26 Å². The largest absolute Gasteiger partial charge is 0.287 e. The van der Waals surface area contributed by atoms with Crippen molar-refractivity contribution in [3.05, 3.63) is 12.7 Å². The van der Waals surface area contributed by atoms with Crippen molar-refractivity contribution in [1.82, 2.24) is 4.90 Å². The van der Waals surface area contributed by atoms with E-state index < -0.39 is 0 Å². The minimum absolute atomic E-state index is 0.00713. The van der Waals surface area contributed by atoms with Gasteiger partial charge in [-0.25, -0.2) is 0 Å². The van der Waals surface area contributed by atoms with Gasteiger partial charge in [0.1, 0.15) is 6.04 Å². The maximum Gasteiger partial charge on any atom is 0.101 e. The van der Waals surface area contributed by atoms with Crippen molar-refractivity contribution >= 4 is 0 Å². The van der Waals surface area contributed by atoms with E-state index in [1.54, 1.807) is 0 Å². The predicted molar refractivity (Wildman–Crippen MR) is 65.5 cm³/mol. The Balaban J connectivity index is 4.43. The maximum atomic E-state index is 9.11. The quantitative estimate of drug-likeness (QED) is 0.601. The highest BCUT2D eigenvalue weighted by atomic mass is 15.2. The fourth-order valence-electron chi connectivity index (χ4n) is 1.71. The predicted octanol–water partition coefficient (Wildman–Crippen LogP) is 3.07. The van der Waals surface area contributed by atoms with Crippen molar-refractivity contribution in [2.75, 3.05) is 13.1 Å². The van der Waals surface area contributed by atoms with Gasteiger partial charge in [0.15, 0.2) is 0 Å². The number of rotatable bonds is 7. The van der Waals surface area contributed by atoms with E-state index in [2.05, 4.69) is 45.2 Å². The van der Waals surface area contributed by atoms with Gasteiger partial charge in [0.2, 0.25) is 0 Å². The van der Waals surface area contributed by atoms with Crippen LogP contribution >= 0.6 is 0 Å². The first-order valence-corrected chi connectivity index (χ1v) is 5.75. The maximum absolute atomic E-state index is 9.11. The summed E-state index contributed by atoms with van der Waals surface area (Å²) < 4.78 is 0. The van der Waals surface area contributed by atoms with Crippen molar-refractivity contribution in [2.24, 2.45) is 11.8 Å². The molecule has 0 aromatic carbocycles. The van der Waals surface area contributed by atoms with E-state index in [1.807, 2.05) is 6.08 Å². The van der Waals surface area contributed by atoms with Gasteiger partial charge in [0.05, 0.1) is 6.07 Å². The molecule has 0 rings (SSSR count). The van der Waals surface area contributed by atoms with Crippen LogP contribution in [0.1, 0.15) is 34.1 Å². The van der Waals surface area contributed by atoms with Gasteiger partial charge >= 0.3 is 0 Å². The van der Waals surface area contributed by atoms with Crippen molar-refractivity contribution in [2.45, 2.75) is 40.2 Å². The number of nitrogens with zero attached hydrogens (tertiary/aromatic N) is 2. The van der Waals surface area contributed by atoms with Crippen LogP contribution in [0.4, 0.5) is 0 Å². The molecule has 0 bridgehead atoms. The van der Waals surface area contributed by atoms with E-state index >= 15 is 0 Å². The lowest BCUT2D eigenvalue weighted by molar-refractivity contribution is 0.187. The zero-order chi connectivity index (χ0) is 11.8. The van der Waals surface area contributed by atoms with Crippen molar-refractivity contribution in [1.29, 1.82) is 5.26 Å². The number of nitriles is 1. The van der Waals surface area contributed by atoms with E-state index in [1.165, 1.54) is 0 Å². The molecule has 0 saturated heterocycles. The van der Waals surface area contributed by atoms with Crippen LogP contribution in [-0.4, -0.2) is 24.0 Å². The van der Waals surface area contributed by atoms with E-state index in [9.17, 15) is 0 Å². The van der Waals surface area contributed by atoms with Crippen LogP contribution in [0.15, 0.2) is 12.7 Å². The highest BCUT2D eigenvalue weighted by Crippen LogP contribution is 2.11. The molecule has 15 heavy (non-hydrogen) atoms. The molecule has 0 fully saturated rings. The minimum Gasteiger partial charge on any atom is -0.287 e. The molecule has 0 aromatic rings. The Bertz CT molecular complexity index is 203. The van der Waals surface area contributed by atoms with Gasteiger partial charge < -0.3 is 0 Å². The molecule has 2 nitrogen and oxygen atoms in total. The third-order valence-corrected chi connectivity index (χ3v) is 2.18. The summed E-state index contributed by atoms with van der Waals surface area (Å²) in [4.78, 5) is 2.27. The topological polar surface area (TPSA) is 27.0 Å². The SMILES string of the molecule is C=CCC(C#N)N(CC(C)C)CC(C)C. The Kier molecular flexibility index (Phi) is 7.07. The average molecular weight is 208 g/mol. The molecule has 0 spiro atoms. The van der Waals surface area contributed by atoms with Gasteiger partial charge in [-0.05, 0) is 18.3 Å². The Labute approximate surface area is 94.6 Å². The van der Waals surface area contributed by atoms with Crippen LogP contribution in [-0.2, 0) is 0 Å². The molecule has 0 amide bonds. The van der Waals surface area contributed by atoms with Crippen LogP contribution in [0.5, 0.6) is 0 Å². The molecular formula is C13H24N2. The lowest BCUT2D eigenvalue weighted by Gasteiger charge is -2.29. The molecule has 2 heteroatoms. The normalized spacial score (nSPS) is 13.2. The molecule has 0 N–H and O–H groups in total. The van der Waals surface area contributed by atoms with Gasteiger partial charge in [-0.1, -0.05) is 33.8 Å². The van der Waals surface area contributed by atoms with Crippen molar-refractivity contribution in [3.8, 4) is 6.07 Å². The Morgan fingerprint density at radius 3 is 1.93 bits per heavy atom. The van der Waals surface area contributed by atoms with E-state index in [-0.39, 0.29) is 6.04 Å². The Hall–Kier alpha value is -0.810. The first-order chi connectivity index (χ1) is 7.01. The molecule has 0 aliphatic rings. The number of hydrogen-bond donors (Lipinski definition) is 0. The molecule has 0 saturated carbocycles. The second kappa shape index (κ2) is 7.48. The Morgan fingerprint density at radius 1 is 1.20 bits per heavy atom. The summed E-state index contributed by atoms with van der Waals surface area (Å²) in [6.45, 7) is 14.5. The summed E-state index contributed by atoms with van der Waals surface area (Å²) in [5.74, 6) is 1.20. The molecule has 0 heterocycles. The fraction of sp³-hybridized carbons (Fsp3) is 0.769. The average Bonchev–Trinajstić information content (AvgIpc) is 2.11. The van der Waals surface area contributed by atoms with Crippen LogP contribution in [0, 0.1) is 23.2 Å². The zero-order valence-electron chi connectivity index (χ0n) is 10.5. The molecule has 0 aliphatic carbocycles. The molecule has 1 atom stereocenters. The van der Waals surface area contributed by atoms with Gasteiger partial charge in [-0.15, -0.1) is 6.58 Å². The summed E-state index contributed by atoms with van der Waals surface area (Å²) >= 11 is 0. The van der Waals surface area contributed by atoms with Crippen molar-refractivity contribution in [3.63, 3.8) is 0 Å². The monoisotopic (exact) mass is 208 g/mol. The molecular weight excluding hydrogens is 184 g/mol. The first kappa shape index (κ1) is 14.2. The highest BCUT2D eigenvalue weighted by Gasteiger charge is 2.18. The molecule has 0 aliphatic heterocycles. The molecule has 1 unspecified atom stereocenters. The third-order valence-electron chi connectivity index (χ3n) is 2.18. The third kappa shape index (κ3) is 6.30. The first-order valence-electron chi connectivity index (χ1n) is 5.75. The smallest absolute Gasteiger partial charge is 0.101 e. The van der Waals surface area contributed by atoms with Gasteiger partial charge in [-0.2, -0.15) is 5.26 Å². The van der Waals surface area contributed by atoms with Gasteiger partial charge in [0.25, 0.3) is 0 Å². The zero-order valence-corrected chi connectivity index (χ0v) is 10.5. The standard InChI is InChI=1S/C13H24N2/c1-6-7-13(8-14)15(9-11(2)3)10-12(4)5/h6,11-13H,1,7,9-10H2,2-5H3. The lowest BCUT2D eigenvalue weighted by atomic mass is 10.1. The number of hydrogen-bond acceptors (Lipinski definition) is 2. The van der Waals surface area contributed by atoms with Gasteiger partial charge in [0, 0.05) is 13.1 Å². The Morgan fingerprint density at radius 2 is 1.67 bits per heavy atom. The van der Waals surface area contributed by atoms with E-state index in [0.29, 0.717) is 11.8 Å². The van der Waals surface area contributed by atoms with Gasteiger partial charge in [-0.3, -0.25) is 4.90 Å². The summed E-state index contributed by atoms with van der Waals surface area (Å²) in [5, 5.41) is 9.11. The van der Waals surface area contributed by atoms with Crippen LogP contribution in [0.25, 0.3) is 0 Å². The molecule has 0 radical (unpaired) electrons. The molecule has 0 aromatic heterocycles. The van der Waals surface area contributed by atoms with Crippen LogP contribution < -0.4 is 0 Å². The summed E-state index contributed by atoms with van der Waals surface area (Å²) in [5.41, 5.74) is 0. The van der Waals surface area contributed by atoms with Crippen molar-refractivity contribution < 1.29 is 0 Å². The van der Waals surface area contributed by atoms with E-state index in [0.717, 1.165) is 19.5 Å². The highest BCUT2D eigenvalue weighted by molar-refractivity contribution is 4.96. The minimum atomic E-state index is -0.00713. The summed E-state index contributed by atoms with van der Waals surface area (Å²) in [7, 11) is 0. The second-order valence-electron chi connectivity index (χ2n) is 4.91. The summed E-state index contributed by atoms with van der Waals surface area (Å²) in [6, 6.07) is 2.36. The fourth-order valence-corrected chi connectivity index (χ4v) is 1.71. The van der Waals surface area contributed by atoms with Crippen LogP contribution in [0.2, 0.25) is 0 Å².